The number of halogens is 1. The number of fused-ring (bicyclic) bond motifs is 4. The molecule has 5 heterocycles. The highest BCUT2D eigenvalue weighted by Crippen LogP contribution is 2.49. The second-order valence-corrected chi connectivity index (χ2v) is 23.9. The number of anilines is 2. The largest absolute Gasteiger partial charge is 0.837 e. The third-order valence-corrected chi connectivity index (χ3v) is 17.4. The van der Waals surface area contributed by atoms with Crippen molar-refractivity contribution >= 4 is 46.3 Å². The average molecular weight is 1120 g/mol. The zero-order valence-corrected chi connectivity index (χ0v) is 48.5. The number of nitrogens with one attached hydrogen (secondary N) is 4. The van der Waals surface area contributed by atoms with Crippen molar-refractivity contribution in [3.8, 4) is 11.5 Å². The molecule has 3 atom stereocenters. The Morgan fingerprint density at radius 2 is 1.54 bits per heavy atom. The Balaban J connectivity index is 0.825. The molecule has 4 aromatic rings. The fourth-order valence-corrected chi connectivity index (χ4v) is 13.1. The number of nitrogens with zero attached hydrogens (tertiary/aromatic N) is 4. The van der Waals surface area contributed by atoms with Gasteiger partial charge in [0, 0.05) is 122 Å². The Morgan fingerprint density at radius 3 is 2.30 bits per heavy atom. The number of unbranched alkanes of at least 4 members (excludes halogenated alkanes) is 2. The Morgan fingerprint density at radius 1 is 0.812 bits per heavy atom. The predicted octanol–water partition coefficient (Wildman–Crippen LogP) is 2.98. The van der Waals surface area contributed by atoms with E-state index in [1.165, 1.54) is 44.9 Å². The summed E-state index contributed by atoms with van der Waals surface area (Å²) in [5.74, 6) is 0.272. The molecule has 5 aliphatic heterocycles. The number of alkyl halides is 1. The summed E-state index contributed by atoms with van der Waals surface area (Å²) in [5.41, 5.74) is 23.1. The molecule has 17 heteroatoms. The van der Waals surface area contributed by atoms with Gasteiger partial charge in [-0.3, -0.25) is 9.59 Å². The van der Waals surface area contributed by atoms with Gasteiger partial charge in [-0.15, -0.1) is 11.6 Å². The summed E-state index contributed by atoms with van der Waals surface area (Å²) < 4.78 is 10.5. The van der Waals surface area contributed by atoms with Crippen LogP contribution in [0.2, 0.25) is 0 Å². The molecule has 8 N–H and O–H groups in total. The third kappa shape index (κ3) is 14.0. The molecule has 0 saturated heterocycles. The van der Waals surface area contributed by atoms with Gasteiger partial charge in [0.1, 0.15) is 30.6 Å². The zero-order valence-electron chi connectivity index (χ0n) is 47.7. The molecule has 3 unspecified atom stereocenters. The molecule has 0 fully saturated rings. The molecule has 0 spiro atoms. The fraction of sp³-hybridized carbons (Fsp3) is 0.556. The lowest BCUT2D eigenvalue weighted by molar-refractivity contribution is -0.890. The van der Waals surface area contributed by atoms with Crippen LogP contribution >= 0.6 is 11.6 Å². The van der Waals surface area contributed by atoms with Crippen molar-refractivity contribution in [3.05, 3.63) is 115 Å². The number of carboxylic acids is 1. The molecule has 0 radical (unpaired) electrons. The van der Waals surface area contributed by atoms with Crippen molar-refractivity contribution < 1.29 is 33.8 Å². The average Bonchev–Trinajstić information content (AvgIpc) is 3.63. The van der Waals surface area contributed by atoms with Gasteiger partial charge in [-0.25, -0.2) is 4.58 Å². The number of benzene rings is 4. The topological polar surface area (TPSA) is 216 Å². The zero-order chi connectivity index (χ0) is 56.3. The first-order valence-electron chi connectivity index (χ1n) is 29.9. The number of carboxylic acid groups (broad SMARTS) is 1. The number of aromatic carboxylic acids is 1. The van der Waals surface area contributed by atoms with Gasteiger partial charge < -0.3 is 66.8 Å². The van der Waals surface area contributed by atoms with Crippen molar-refractivity contribution in [2.75, 3.05) is 109 Å². The smallest absolute Gasteiger partial charge is 0.242 e. The molecule has 432 valence electrons. The molecule has 5 aliphatic rings. The fourth-order valence-electron chi connectivity index (χ4n) is 12.9. The number of hydrogen-bond acceptors (Lipinski definition) is 12. The maximum Gasteiger partial charge on any atom is 0.242 e. The van der Waals surface area contributed by atoms with Crippen molar-refractivity contribution in [1.29, 1.82) is 0 Å². The third-order valence-electron chi connectivity index (χ3n) is 17.2. The lowest BCUT2D eigenvalue weighted by Crippen LogP contribution is -2.52. The highest BCUT2D eigenvalue weighted by molar-refractivity contribution is 6.18. The van der Waals surface area contributed by atoms with E-state index in [-0.39, 0.29) is 17.4 Å². The predicted molar refractivity (Wildman–Crippen MR) is 315 cm³/mol. The van der Waals surface area contributed by atoms with Crippen molar-refractivity contribution in [2.24, 2.45) is 11.5 Å². The molecular weight excluding hydrogens is 1030 g/mol. The maximum absolute atomic E-state index is 14.0. The summed E-state index contributed by atoms with van der Waals surface area (Å²) >= 11 is 5.91. The molecule has 9 rings (SSSR count). The van der Waals surface area contributed by atoms with Gasteiger partial charge in [0.2, 0.25) is 17.2 Å². The molecular formula is C63H87ClN10O6. The van der Waals surface area contributed by atoms with Crippen LogP contribution in [-0.2, 0) is 41.8 Å². The highest BCUT2D eigenvalue weighted by atomic mass is 35.5. The van der Waals surface area contributed by atoms with Crippen LogP contribution in [0.1, 0.15) is 138 Å². The maximum atomic E-state index is 14.0. The second-order valence-electron chi connectivity index (χ2n) is 23.6. The number of nitrogens with two attached hydrogens (primary N) is 2. The summed E-state index contributed by atoms with van der Waals surface area (Å²) in [5, 5.41) is 42.2. The van der Waals surface area contributed by atoms with Crippen LogP contribution in [0.25, 0.3) is 5.57 Å². The monoisotopic (exact) mass is 1110 g/mol. The molecule has 80 heavy (non-hydrogen) atoms. The van der Waals surface area contributed by atoms with Crippen molar-refractivity contribution in [1.82, 2.24) is 25.8 Å². The van der Waals surface area contributed by atoms with Gasteiger partial charge >= 0.3 is 0 Å². The van der Waals surface area contributed by atoms with E-state index in [4.69, 9.17) is 27.8 Å². The van der Waals surface area contributed by atoms with Crippen molar-refractivity contribution in [3.63, 3.8) is 0 Å². The van der Waals surface area contributed by atoms with E-state index in [9.17, 15) is 24.6 Å². The summed E-state index contributed by atoms with van der Waals surface area (Å²) in [6.07, 6.45) is 11.6. The molecule has 0 bridgehead atoms. The Bertz CT molecular complexity index is 2980. The van der Waals surface area contributed by atoms with E-state index >= 15 is 0 Å². The molecule has 2 amide bonds. The van der Waals surface area contributed by atoms with Crippen LogP contribution in [0.5, 0.6) is 11.5 Å². The molecule has 16 nitrogen and oxygen atoms in total. The van der Waals surface area contributed by atoms with Crippen LogP contribution < -0.4 is 72.6 Å². The summed E-state index contributed by atoms with van der Waals surface area (Å²) in [6.45, 7) is 9.73. The van der Waals surface area contributed by atoms with Crippen LogP contribution in [0.15, 0.2) is 54.6 Å². The van der Waals surface area contributed by atoms with Gasteiger partial charge in [-0.05, 0) is 143 Å². The minimum Gasteiger partial charge on any atom is -0.837 e. The lowest BCUT2D eigenvalue weighted by atomic mass is 9.81. The van der Waals surface area contributed by atoms with Gasteiger partial charge in [0.15, 0.2) is 0 Å². The number of rotatable bonds is 29. The standard InChI is InChI=1S/C63H87ClN10O6/c1-71(35-26-64)46-23-20-42(21-24-46)41-67-28-12-36-74(2,3)37-13-30-69-62(77)54(70-61(76)53(66)18-4-6-27-65)19-5-7-29-68-60(75)45-22-25-47(50(40-45)63(78)79)55-51-38-43-14-8-31-72-33-10-16-48(56(43)72)58(51)80-59-49-17-11-34-73-32-9-15-44(57(49)73)39-52(55)59/h20-25,38-40,53-54,60,67-68H,4-19,26-37,41,65-66H2,1-3H3,(H2-,69,70,76,77,78,79). The number of hydrogen-bond donors (Lipinski definition) is 6. The van der Waals surface area contributed by atoms with Gasteiger partial charge in [-0.2, -0.15) is 0 Å². The first-order chi connectivity index (χ1) is 38.7. The van der Waals surface area contributed by atoms with Gasteiger partial charge in [-0.1, -0.05) is 30.7 Å². The van der Waals surface area contributed by atoms with E-state index < -0.39 is 24.3 Å². The number of ether oxygens (including phenoxy) is 1. The van der Waals surface area contributed by atoms with Crippen LogP contribution in [-0.4, -0.2) is 133 Å². The summed E-state index contributed by atoms with van der Waals surface area (Å²) in [7, 11) is 6.45. The lowest BCUT2D eigenvalue weighted by Gasteiger charge is -2.39. The first kappa shape index (κ1) is 59.0. The molecule has 0 saturated carbocycles. The van der Waals surface area contributed by atoms with E-state index in [1.54, 1.807) is 12.1 Å². The van der Waals surface area contributed by atoms with Gasteiger partial charge in [0.25, 0.3) is 0 Å². The van der Waals surface area contributed by atoms with E-state index in [1.807, 2.05) is 7.05 Å². The second kappa shape index (κ2) is 27.5. The molecule has 4 aromatic carbocycles. The number of quaternary nitrogens is 1. The van der Waals surface area contributed by atoms with E-state index in [2.05, 4.69) is 86.1 Å². The van der Waals surface area contributed by atoms with Crippen molar-refractivity contribution in [2.45, 2.75) is 128 Å². The van der Waals surface area contributed by atoms with E-state index in [0.717, 1.165) is 168 Å². The van der Waals surface area contributed by atoms with Crippen LogP contribution in [0.4, 0.5) is 11.4 Å². The Kier molecular flexibility index (Phi) is 20.3. The van der Waals surface area contributed by atoms with E-state index in [0.29, 0.717) is 68.7 Å². The highest BCUT2D eigenvalue weighted by Gasteiger charge is 2.36. The summed E-state index contributed by atoms with van der Waals surface area (Å²) in [6, 6.07) is 16.5. The number of carbonyl (C=O) groups is 3. The van der Waals surface area contributed by atoms with Crippen LogP contribution in [0.3, 0.4) is 0 Å². The number of carbonyl (C=O) groups excluding carboxylic acids is 3. The van der Waals surface area contributed by atoms with Crippen LogP contribution in [0, 0.1) is 0 Å². The molecule has 0 aromatic heterocycles. The Hall–Kier alpha value is -5.59. The molecule has 0 aliphatic carbocycles. The SMILES string of the molecule is CN(CCCl)c1ccc(CNCCC[N+](C)(C)CCCNC(=O)C(CCCCNC([O-])c2ccc(C3=c4cc5c6c(c4Oc4c3cc3c7c4CCCN7CCC3)CCC[N+]=6CCC5)c(C(=O)[O-])c2)NC(=O)C(N)CCCCN)cc1. The number of aryl methyl sites for hydroxylation is 2. The number of amides is 2. The summed E-state index contributed by atoms with van der Waals surface area (Å²) in [4.78, 5) is 45.0. The first-order valence-corrected chi connectivity index (χ1v) is 30.4. The minimum absolute atomic E-state index is 0.0259. The normalized spacial score (nSPS) is 16.4. The van der Waals surface area contributed by atoms with Gasteiger partial charge in [0.05, 0.1) is 44.8 Å². The minimum atomic E-state index is -1.42. The Labute approximate surface area is 478 Å². The quantitative estimate of drug-likeness (QED) is 0.0134.